The minimum absolute atomic E-state index is 0.263. The van der Waals surface area contributed by atoms with E-state index in [0.717, 1.165) is 22.6 Å². The number of fused-ring (bicyclic) bond motifs is 3. The second-order valence-electron chi connectivity index (χ2n) is 3.93. The van der Waals surface area contributed by atoms with Gasteiger partial charge in [0.2, 0.25) is 11.8 Å². The number of aromatic nitrogens is 2. The number of hydrogen-bond acceptors (Lipinski definition) is 5. The van der Waals surface area contributed by atoms with Gasteiger partial charge in [0.25, 0.3) is 0 Å². The van der Waals surface area contributed by atoms with Crippen molar-refractivity contribution in [1.82, 2.24) is 9.97 Å². The zero-order chi connectivity index (χ0) is 12.5. The molecular formula is C13H13N3OS. The quantitative estimate of drug-likeness (QED) is 0.898. The topological polar surface area (TPSA) is 61.0 Å². The number of ether oxygens (including phenoxy) is 1. The fourth-order valence-electron chi connectivity index (χ4n) is 2.03. The summed E-state index contributed by atoms with van der Waals surface area (Å²) in [4.78, 5) is 9.78. The predicted octanol–water partition coefficient (Wildman–Crippen LogP) is 2.73. The molecular weight excluding hydrogens is 246 g/mol. The number of nitrogens with zero attached hydrogens (tertiary/aromatic N) is 2. The molecule has 1 aromatic heterocycles. The Bertz CT molecular complexity index is 601. The van der Waals surface area contributed by atoms with Gasteiger partial charge in [-0.1, -0.05) is 18.2 Å². The normalized spacial score (nSPS) is 12.7. The van der Waals surface area contributed by atoms with Gasteiger partial charge in [-0.05, 0) is 13.0 Å². The van der Waals surface area contributed by atoms with E-state index in [0.29, 0.717) is 12.5 Å². The van der Waals surface area contributed by atoms with Crippen LogP contribution < -0.4 is 10.5 Å². The first-order chi connectivity index (χ1) is 8.79. The lowest BCUT2D eigenvalue weighted by Gasteiger charge is -2.20. The highest BCUT2D eigenvalue weighted by molar-refractivity contribution is 7.98. The molecule has 0 atom stereocenters. The van der Waals surface area contributed by atoms with Crippen molar-refractivity contribution in [2.45, 2.75) is 17.6 Å². The molecule has 4 nitrogen and oxygen atoms in total. The summed E-state index contributed by atoms with van der Waals surface area (Å²) in [6.45, 7) is 2.52. The molecule has 0 saturated heterocycles. The number of hydrogen-bond donors (Lipinski definition) is 1. The third-order valence-corrected chi connectivity index (χ3v) is 3.88. The van der Waals surface area contributed by atoms with Crippen LogP contribution in [0.1, 0.15) is 12.5 Å². The van der Waals surface area contributed by atoms with Crippen LogP contribution in [-0.4, -0.2) is 16.6 Å². The summed E-state index contributed by atoms with van der Waals surface area (Å²) in [6.07, 6.45) is 0. The summed E-state index contributed by atoms with van der Waals surface area (Å²) in [7, 11) is 0. The zero-order valence-electron chi connectivity index (χ0n) is 10.0. The summed E-state index contributed by atoms with van der Waals surface area (Å²) in [5, 5.41) is 0. The van der Waals surface area contributed by atoms with Crippen LogP contribution in [0.15, 0.2) is 29.2 Å². The monoisotopic (exact) mass is 259 g/mol. The number of rotatable bonds is 2. The molecule has 0 saturated carbocycles. The minimum Gasteiger partial charge on any atom is -0.478 e. The van der Waals surface area contributed by atoms with E-state index in [1.165, 1.54) is 4.90 Å². The van der Waals surface area contributed by atoms with Crippen molar-refractivity contribution >= 4 is 17.7 Å². The Morgan fingerprint density at radius 1 is 1.33 bits per heavy atom. The van der Waals surface area contributed by atoms with Crippen LogP contribution in [0.4, 0.5) is 5.95 Å². The number of nitrogen functional groups attached to an aromatic ring is 1. The molecule has 2 N–H and O–H groups in total. The van der Waals surface area contributed by atoms with Crippen LogP contribution in [0.25, 0.3) is 11.3 Å². The Morgan fingerprint density at radius 2 is 2.17 bits per heavy atom. The first-order valence-electron chi connectivity index (χ1n) is 5.81. The van der Waals surface area contributed by atoms with E-state index < -0.39 is 0 Å². The third kappa shape index (κ3) is 1.80. The smallest absolute Gasteiger partial charge is 0.223 e. The molecule has 92 valence electrons. The zero-order valence-corrected chi connectivity index (χ0v) is 10.8. The van der Waals surface area contributed by atoms with Gasteiger partial charge >= 0.3 is 0 Å². The third-order valence-electron chi connectivity index (χ3n) is 2.78. The van der Waals surface area contributed by atoms with Crippen LogP contribution in [-0.2, 0) is 5.75 Å². The van der Waals surface area contributed by atoms with Crippen molar-refractivity contribution in [1.29, 1.82) is 0 Å². The number of thioether (sulfide) groups is 1. The Morgan fingerprint density at radius 3 is 3.00 bits per heavy atom. The summed E-state index contributed by atoms with van der Waals surface area (Å²) < 4.78 is 5.56. The van der Waals surface area contributed by atoms with E-state index in [-0.39, 0.29) is 5.95 Å². The molecule has 1 aliphatic heterocycles. The van der Waals surface area contributed by atoms with E-state index >= 15 is 0 Å². The van der Waals surface area contributed by atoms with E-state index in [2.05, 4.69) is 22.1 Å². The Hall–Kier alpha value is -1.75. The van der Waals surface area contributed by atoms with Crippen molar-refractivity contribution < 1.29 is 4.74 Å². The molecule has 1 aliphatic rings. The van der Waals surface area contributed by atoms with Gasteiger partial charge < -0.3 is 10.5 Å². The fourth-order valence-corrected chi connectivity index (χ4v) is 3.08. The fraction of sp³-hybridized carbons (Fsp3) is 0.231. The summed E-state index contributed by atoms with van der Waals surface area (Å²) in [5.41, 5.74) is 8.81. The van der Waals surface area contributed by atoms with E-state index in [9.17, 15) is 0 Å². The predicted molar refractivity (Wildman–Crippen MR) is 72.6 cm³/mol. The molecule has 0 unspecified atom stereocenters. The molecule has 0 radical (unpaired) electrons. The van der Waals surface area contributed by atoms with Crippen LogP contribution in [0.2, 0.25) is 0 Å². The van der Waals surface area contributed by atoms with Gasteiger partial charge in [-0.2, -0.15) is 4.98 Å². The standard InChI is InChI=1S/C13H13N3OS/c1-2-17-12-9-7-18-10-6-4-3-5-8(10)11(9)15-13(14)16-12/h3-6H,2,7H2,1H3,(H2,14,15,16). The molecule has 0 bridgehead atoms. The largest absolute Gasteiger partial charge is 0.478 e. The number of benzene rings is 1. The van der Waals surface area contributed by atoms with Crippen molar-refractivity contribution in [2.24, 2.45) is 0 Å². The average molecular weight is 259 g/mol. The first-order valence-corrected chi connectivity index (χ1v) is 6.79. The molecule has 2 aromatic rings. The van der Waals surface area contributed by atoms with E-state index in [1.54, 1.807) is 11.8 Å². The number of nitrogens with two attached hydrogens (primary N) is 1. The second kappa shape index (κ2) is 4.49. The summed E-state index contributed by atoms with van der Waals surface area (Å²) in [6, 6.07) is 8.20. The van der Waals surface area contributed by atoms with Crippen LogP contribution >= 0.6 is 11.8 Å². The molecule has 0 aliphatic carbocycles. The highest BCUT2D eigenvalue weighted by atomic mass is 32.2. The van der Waals surface area contributed by atoms with Crippen LogP contribution in [0.5, 0.6) is 5.88 Å². The lowest BCUT2D eigenvalue weighted by Crippen LogP contribution is -2.08. The van der Waals surface area contributed by atoms with Gasteiger partial charge in [-0.3, -0.25) is 0 Å². The molecule has 5 heteroatoms. The lowest BCUT2D eigenvalue weighted by molar-refractivity contribution is 0.324. The number of anilines is 1. The van der Waals surface area contributed by atoms with Crippen molar-refractivity contribution in [3.8, 4) is 17.1 Å². The Kier molecular flexibility index (Phi) is 2.83. The maximum Gasteiger partial charge on any atom is 0.223 e. The summed E-state index contributed by atoms with van der Waals surface area (Å²) >= 11 is 1.78. The first kappa shape index (κ1) is 11.3. The Balaban J connectivity index is 2.21. The Labute approximate surface area is 110 Å². The van der Waals surface area contributed by atoms with Gasteiger partial charge in [0.1, 0.15) is 0 Å². The van der Waals surface area contributed by atoms with Gasteiger partial charge in [0.05, 0.1) is 17.9 Å². The van der Waals surface area contributed by atoms with Crippen molar-refractivity contribution in [3.63, 3.8) is 0 Å². The maximum atomic E-state index is 5.76. The lowest BCUT2D eigenvalue weighted by atomic mass is 10.1. The molecule has 3 rings (SSSR count). The van der Waals surface area contributed by atoms with Crippen molar-refractivity contribution in [2.75, 3.05) is 12.3 Å². The summed E-state index contributed by atoms with van der Waals surface area (Å²) in [5.74, 6) is 1.70. The molecule has 0 spiro atoms. The van der Waals surface area contributed by atoms with Gasteiger partial charge in [0.15, 0.2) is 0 Å². The van der Waals surface area contributed by atoms with Crippen LogP contribution in [0, 0.1) is 0 Å². The average Bonchev–Trinajstić information content (AvgIpc) is 2.39. The van der Waals surface area contributed by atoms with E-state index in [4.69, 9.17) is 10.5 Å². The van der Waals surface area contributed by atoms with Crippen molar-refractivity contribution in [3.05, 3.63) is 29.8 Å². The molecule has 1 aromatic carbocycles. The highest BCUT2D eigenvalue weighted by Crippen LogP contribution is 2.43. The van der Waals surface area contributed by atoms with Gasteiger partial charge in [-0.15, -0.1) is 11.8 Å². The van der Waals surface area contributed by atoms with Crippen LogP contribution in [0.3, 0.4) is 0 Å². The van der Waals surface area contributed by atoms with E-state index in [1.807, 2.05) is 19.1 Å². The molecule has 2 heterocycles. The molecule has 0 fully saturated rings. The highest BCUT2D eigenvalue weighted by Gasteiger charge is 2.22. The minimum atomic E-state index is 0.263. The van der Waals surface area contributed by atoms with Gasteiger partial charge in [-0.25, -0.2) is 4.98 Å². The van der Waals surface area contributed by atoms with Gasteiger partial charge in [0, 0.05) is 16.2 Å². The SMILES string of the molecule is CCOc1nc(N)nc2c1CSc1ccccc1-2. The molecule has 18 heavy (non-hydrogen) atoms. The molecule has 0 amide bonds. The maximum absolute atomic E-state index is 5.76. The second-order valence-corrected chi connectivity index (χ2v) is 4.95.